The number of carboxylic acid groups (broad SMARTS) is 1. The number of non-ortho nitro benzene ring substituents is 1. The summed E-state index contributed by atoms with van der Waals surface area (Å²) in [6.07, 6.45) is 0. The van der Waals surface area contributed by atoms with E-state index in [1.807, 2.05) is 0 Å². The first-order valence-corrected chi connectivity index (χ1v) is 6.12. The van der Waals surface area contributed by atoms with E-state index in [1.54, 1.807) is 0 Å². The highest BCUT2D eigenvalue weighted by Gasteiger charge is 2.16. The van der Waals surface area contributed by atoms with Crippen LogP contribution in [0.1, 0.15) is 5.56 Å². The third-order valence-electron chi connectivity index (χ3n) is 2.95. The van der Waals surface area contributed by atoms with Gasteiger partial charge < -0.3 is 15.1 Å². The highest BCUT2D eigenvalue weighted by atomic mass is 79.9. The molecule has 0 amide bonds. The molecule has 2 rings (SSSR count). The number of nitrogens with zero attached hydrogens (tertiary/aromatic N) is 2. The van der Waals surface area contributed by atoms with Crippen LogP contribution in [0.15, 0.2) is 21.7 Å². The Hall–Kier alpha value is -2.53. The van der Waals surface area contributed by atoms with E-state index < -0.39 is 22.0 Å². The Balaban J connectivity index is 0.00000264. The molecule has 0 saturated heterocycles. The molecule has 0 aliphatic carbocycles. The number of H-pyrrole nitrogens is 2. The summed E-state index contributed by atoms with van der Waals surface area (Å²) in [7, 11) is 1.52. The first kappa shape index (κ1) is 18.5. The monoisotopic (exact) mass is 388 g/mol. The van der Waals surface area contributed by atoms with Crippen molar-refractivity contribution in [1.29, 1.82) is 0 Å². The number of carboxylic acids is 1. The molecule has 1 aromatic carbocycles. The van der Waals surface area contributed by atoms with Gasteiger partial charge in [-0.05, 0) is 12.6 Å². The SMILES string of the molecule is Br.CN(CC(=O)O)Cc1cc([N+](=O)[O-])cc2[nH]c(=O)c(=O)[nH]c12. The molecule has 0 saturated carbocycles. The minimum absolute atomic E-state index is 0. The smallest absolute Gasteiger partial charge is 0.317 e. The standard InChI is InChI=1S/C12H12N4O6.BrH/c1-15(5-9(17)18)4-6-2-7(16(21)22)3-8-10(6)14-12(20)11(19)13-8;/h2-3H,4-5H2,1H3,(H,13,19)(H,14,20)(H,17,18);1H. The minimum atomic E-state index is -1.06. The summed E-state index contributed by atoms with van der Waals surface area (Å²) in [5, 5.41) is 19.7. The second-order valence-corrected chi connectivity index (χ2v) is 4.76. The lowest BCUT2D eigenvalue weighted by molar-refractivity contribution is -0.384. The molecule has 10 nitrogen and oxygen atoms in total. The lowest BCUT2D eigenvalue weighted by Gasteiger charge is -2.15. The molecule has 0 radical (unpaired) electrons. The van der Waals surface area contributed by atoms with Gasteiger partial charge in [0.2, 0.25) is 0 Å². The van der Waals surface area contributed by atoms with Crippen LogP contribution in [-0.4, -0.2) is 44.5 Å². The van der Waals surface area contributed by atoms with Crippen LogP contribution < -0.4 is 11.1 Å². The summed E-state index contributed by atoms with van der Waals surface area (Å²) in [5.41, 5.74) is -1.40. The molecule has 0 unspecified atom stereocenters. The van der Waals surface area contributed by atoms with Crippen molar-refractivity contribution in [3.63, 3.8) is 0 Å². The van der Waals surface area contributed by atoms with Crippen molar-refractivity contribution in [2.45, 2.75) is 6.54 Å². The highest BCUT2D eigenvalue weighted by Crippen LogP contribution is 2.22. The zero-order valence-electron chi connectivity index (χ0n) is 11.9. The average molecular weight is 389 g/mol. The molecule has 2 aromatic rings. The van der Waals surface area contributed by atoms with Gasteiger partial charge in [-0.2, -0.15) is 0 Å². The quantitative estimate of drug-likeness (QED) is 0.376. The zero-order valence-corrected chi connectivity index (χ0v) is 13.6. The first-order chi connectivity index (χ1) is 10.3. The van der Waals surface area contributed by atoms with Crippen molar-refractivity contribution >= 4 is 39.7 Å². The van der Waals surface area contributed by atoms with Gasteiger partial charge in [0.05, 0.1) is 22.5 Å². The molecule has 3 N–H and O–H groups in total. The number of hydrogen-bond acceptors (Lipinski definition) is 6. The molecule has 0 aliphatic rings. The Kier molecular flexibility index (Phi) is 5.76. The Morgan fingerprint density at radius 1 is 1.30 bits per heavy atom. The number of carbonyl (C=O) groups is 1. The molecule has 0 spiro atoms. The summed E-state index contributed by atoms with van der Waals surface area (Å²) >= 11 is 0. The van der Waals surface area contributed by atoms with Crippen LogP contribution in [0.4, 0.5) is 5.69 Å². The molecule has 1 heterocycles. The van der Waals surface area contributed by atoms with Crippen molar-refractivity contribution in [2.24, 2.45) is 0 Å². The van der Waals surface area contributed by atoms with Crippen molar-refractivity contribution in [2.75, 3.05) is 13.6 Å². The van der Waals surface area contributed by atoms with E-state index in [0.717, 1.165) is 6.07 Å². The van der Waals surface area contributed by atoms with Crippen LogP contribution >= 0.6 is 17.0 Å². The predicted molar refractivity (Wildman–Crippen MR) is 86.1 cm³/mol. The maximum atomic E-state index is 11.4. The van der Waals surface area contributed by atoms with Gasteiger partial charge in [0.1, 0.15) is 0 Å². The number of nitro benzene ring substituents is 1. The first-order valence-electron chi connectivity index (χ1n) is 6.12. The molecular weight excluding hydrogens is 376 g/mol. The van der Waals surface area contributed by atoms with Gasteiger partial charge in [0.25, 0.3) is 5.69 Å². The number of nitro groups is 1. The number of aromatic amines is 2. The fourth-order valence-corrected chi connectivity index (χ4v) is 2.09. The summed E-state index contributed by atoms with van der Waals surface area (Å²) in [6.45, 7) is -0.232. The number of aromatic nitrogens is 2. The number of nitrogens with one attached hydrogen (secondary N) is 2. The highest BCUT2D eigenvalue weighted by molar-refractivity contribution is 8.93. The second kappa shape index (κ2) is 7.15. The maximum Gasteiger partial charge on any atom is 0.317 e. The van der Waals surface area contributed by atoms with E-state index in [1.165, 1.54) is 18.0 Å². The van der Waals surface area contributed by atoms with E-state index in [2.05, 4.69) is 9.97 Å². The third-order valence-corrected chi connectivity index (χ3v) is 2.95. The number of rotatable bonds is 5. The molecule has 23 heavy (non-hydrogen) atoms. The summed E-state index contributed by atoms with van der Waals surface area (Å²) < 4.78 is 0. The van der Waals surface area contributed by atoms with Gasteiger partial charge in [-0.25, -0.2) is 0 Å². The number of benzene rings is 1. The van der Waals surface area contributed by atoms with Gasteiger partial charge in [0.15, 0.2) is 0 Å². The normalized spacial score (nSPS) is 10.5. The molecule has 124 valence electrons. The van der Waals surface area contributed by atoms with Crippen molar-refractivity contribution in [1.82, 2.24) is 14.9 Å². The fourth-order valence-electron chi connectivity index (χ4n) is 2.09. The lowest BCUT2D eigenvalue weighted by atomic mass is 10.1. The second-order valence-electron chi connectivity index (χ2n) is 4.76. The van der Waals surface area contributed by atoms with Crippen molar-refractivity contribution in [3.05, 3.63) is 48.5 Å². The Labute approximate surface area is 138 Å². The van der Waals surface area contributed by atoms with Gasteiger partial charge in [-0.15, -0.1) is 17.0 Å². The Morgan fingerprint density at radius 2 is 1.91 bits per heavy atom. The van der Waals surface area contributed by atoms with Crippen molar-refractivity contribution < 1.29 is 14.8 Å². The Bertz CT molecular complexity index is 874. The van der Waals surface area contributed by atoms with E-state index >= 15 is 0 Å². The number of likely N-dealkylation sites (N-methyl/N-ethyl adjacent to an activating group) is 1. The topological polar surface area (TPSA) is 149 Å². The average Bonchev–Trinajstić information content (AvgIpc) is 2.39. The Morgan fingerprint density at radius 3 is 2.48 bits per heavy atom. The van der Waals surface area contributed by atoms with E-state index in [9.17, 15) is 24.5 Å². The van der Waals surface area contributed by atoms with Crippen LogP contribution in [0.2, 0.25) is 0 Å². The van der Waals surface area contributed by atoms with E-state index in [0.29, 0.717) is 5.56 Å². The minimum Gasteiger partial charge on any atom is -0.480 e. The van der Waals surface area contributed by atoms with E-state index in [4.69, 9.17) is 5.11 Å². The lowest BCUT2D eigenvalue weighted by Crippen LogP contribution is -2.30. The van der Waals surface area contributed by atoms with Gasteiger partial charge in [-0.3, -0.25) is 29.4 Å². The van der Waals surface area contributed by atoms with Crippen LogP contribution in [0.5, 0.6) is 0 Å². The van der Waals surface area contributed by atoms with Gasteiger partial charge in [0, 0.05) is 18.7 Å². The fraction of sp³-hybridized carbons (Fsp3) is 0.250. The largest absolute Gasteiger partial charge is 0.480 e. The number of hydrogen-bond donors (Lipinski definition) is 3. The summed E-state index contributed by atoms with van der Waals surface area (Å²) in [5.74, 6) is -1.06. The molecule has 0 aliphatic heterocycles. The zero-order chi connectivity index (χ0) is 16.4. The van der Waals surface area contributed by atoms with Crippen LogP contribution in [0.3, 0.4) is 0 Å². The molecule has 0 fully saturated rings. The molecule has 0 atom stereocenters. The van der Waals surface area contributed by atoms with Crippen LogP contribution in [-0.2, 0) is 11.3 Å². The van der Waals surface area contributed by atoms with Crippen LogP contribution in [0.25, 0.3) is 11.0 Å². The number of fused-ring (bicyclic) bond motifs is 1. The molecule has 11 heteroatoms. The summed E-state index contributed by atoms with van der Waals surface area (Å²) in [4.78, 5) is 49.8. The number of halogens is 1. The summed E-state index contributed by atoms with van der Waals surface area (Å²) in [6, 6.07) is 2.36. The van der Waals surface area contributed by atoms with Crippen LogP contribution in [0, 0.1) is 10.1 Å². The van der Waals surface area contributed by atoms with Gasteiger partial charge >= 0.3 is 17.1 Å². The molecule has 0 bridgehead atoms. The third kappa shape index (κ3) is 4.23. The maximum absolute atomic E-state index is 11.4. The number of aliphatic carboxylic acids is 1. The van der Waals surface area contributed by atoms with Crippen molar-refractivity contribution in [3.8, 4) is 0 Å². The molecular formula is C12H13BrN4O6. The molecule has 1 aromatic heterocycles. The van der Waals surface area contributed by atoms with Gasteiger partial charge in [-0.1, -0.05) is 0 Å². The predicted octanol–water partition coefficient (Wildman–Crippen LogP) is 0.219. The van der Waals surface area contributed by atoms with E-state index in [-0.39, 0.29) is 46.8 Å².